The summed E-state index contributed by atoms with van der Waals surface area (Å²) in [5, 5.41) is 13.0. The van der Waals surface area contributed by atoms with Crippen molar-refractivity contribution in [3.63, 3.8) is 0 Å². The van der Waals surface area contributed by atoms with E-state index in [-0.39, 0.29) is 29.2 Å². The first-order chi connectivity index (χ1) is 27.6. The lowest BCUT2D eigenvalue weighted by Gasteiger charge is -2.34. The number of aromatic nitrogens is 2. The van der Waals surface area contributed by atoms with E-state index in [0.717, 1.165) is 54.4 Å². The number of hydrogen-bond donors (Lipinski definition) is 4. The first-order valence-electron chi connectivity index (χ1n) is 18.5. The molecule has 1 atom stereocenters. The van der Waals surface area contributed by atoms with Crippen LogP contribution in [0.25, 0.3) is 0 Å². The van der Waals surface area contributed by atoms with Gasteiger partial charge >= 0.3 is 7.60 Å². The molecule has 18 heteroatoms. The molecule has 0 bridgehead atoms. The fraction of sp³-hybridized carbons (Fsp3) is 0.359. The molecule has 3 aromatic carbocycles. The number of benzene rings is 3. The maximum Gasteiger partial charge on any atom is 0.362 e. The standard InChI is InChI=1S/C39H44ClN8O7PS/c1-53-33-21-26(8-11-30(33)44-39-42-22-29(40)36(46-39)43-31-6-4-5-7-34(31)56(52,54-2)55-3)47-17-14-25(15-18-47)41-16-19-57-27-9-10-28-24(20-27)23-48(38(28)51)32-12-13-35(49)45-37(32)50/h4-11,20-22,25,32,41H,12-19,23H2,1-3H3,(H,45,49,50)(H2,42,43,44,46). The number of hydrogen-bond acceptors (Lipinski definition) is 14. The molecule has 4 N–H and O–H groups in total. The Kier molecular flexibility index (Phi) is 12.7. The average Bonchev–Trinajstić information content (AvgIpc) is 3.55. The van der Waals surface area contributed by atoms with E-state index in [1.165, 1.54) is 20.4 Å². The van der Waals surface area contributed by atoms with Crippen LogP contribution in [-0.2, 0) is 29.7 Å². The van der Waals surface area contributed by atoms with E-state index in [9.17, 15) is 18.9 Å². The number of amides is 3. The Balaban J connectivity index is 0.892. The summed E-state index contributed by atoms with van der Waals surface area (Å²) in [6.45, 7) is 3.00. The number of fused-ring (bicyclic) bond motifs is 1. The van der Waals surface area contributed by atoms with E-state index >= 15 is 0 Å². The number of imide groups is 1. The molecule has 0 spiro atoms. The van der Waals surface area contributed by atoms with Crippen LogP contribution in [0.2, 0.25) is 5.02 Å². The van der Waals surface area contributed by atoms with Crippen LogP contribution in [-0.4, -0.2) is 91.4 Å². The van der Waals surface area contributed by atoms with Gasteiger partial charge in [0.25, 0.3) is 5.91 Å². The van der Waals surface area contributed by atoms with E-state index in [1.54, 1.807) is 48.0 Å². The maximum absolute atomic E-state index is 13.2. The van der Waals surface area contributed by atoms with Crippen molar-refractivity contribution in [2.75, 3.05) is 62.3 Å². The summed E-state index contributed by atoms with van der Waals surface area (Å²) >= 11 is 8.20. The number of anilines is 5. The molecule has 57 heavy (non-hydrogen) atoms. The van der Waals surface area contributed by atoms with Crippen LogP contribution < -0.4 is 36.2 Å². The van der Waals surface area contributed by atoms with E-state index < -0.39 is 19.5 Å². The van der Waals surface area contributed by atoms with Gasteiger partial charge in [0.05, 0.1) is 30.0 Å². The van der Waals surface area contributed by atoms with Gasteiger partial charge in [0.2, 0.25) is 17.8 Å². The highest BCUT2D eigenvalue weighted by molar-refractivity contribution is 7.99. The molecule has 4 heterocycles. The van der Waals surface area contributed by atoms with Gasteiger partial charge in [-0.15, -0.1) is 11.8 Å². The lowest BCUT2D eigenvalue weighted by atomic mass is 10.0. The molecule has 300 valence electrons. The highest BCUT2D eigenvalue weighted by Crippen LogP contribution is 2.47. The maximum atomic E-state index is 13.2. The predicted octanol–water partition coefficient (Wildman–Crippen LogP) is 5.85. The number of rotatable bonds is 15. The SMILES string of the molecule is COc1cc(N2CCC(NCCSc3ccc4c(c3)CN(C3CCC(=O)NC3=O)C4=O)CC2)ccc1Nc1ncc(Cl)c(Nc2ccccc2P(=O)(OC)OC)n1. The minimum absolute atomic E-state index is 0.157. The molecule has 3 aliphatic heterocycles. The first kappa shape index (κ1) is 40.5. The van der Waals surface area contributed by atoms with Gasteiger partial charge in [0.1, 0.15) is 16.8 Å². The summed E-state index contributed by atoms with van der Waals surface area (Å²) in [6.07, 6.45) is 4.05. The molecule has 0 saturated carbocycles. The minimum atomic E-state index is -3.56. The van der Waals surface area contributed by atoms with Gasteiger partial charge in [0, 0.05) is 80.8 Å². The van der Waals surface area contributed by atoms with E-state index in [0.29, 0.717) is 52.8 Å². The topological polar surface area (TPSA) is 176 Å². The third-order valence-corrected chi connectivity index (χ3v) is 13.5. The molecule has 2 saturated heterocycles. The van der Waals surface area contributed by atoms with Crippen molar-refractivity contribution in [3.05, 3.63) is 83.0 Å². The second-order valence-corrected chi connectivity index (χ2v) is 17.5. The molecule has 0 radical (unpaired) electrons. The van der Waals surface area contributed by atoms with Gasteiger partial charge < -0.3 is 39.5 Å². The summed E-state index contributed by atoms with van der Waals surface area (Å²) in [5.41, 5.74) is 3.73. The smallest absolute Gasteiger partial charge is 0.362 e. The Morgan fingerprint density at radius 3 is 2.51 bits per heavy atom. The monoisotopic (exact) mass is 834 g/mol. The average molecular weight is 835 g/mol. The van der Waals surface area contributed by atoms with Crippen LogP contribution in [0.5, 0.6) is 5.75 Å². The van der Waals surface area contributed by atoms with Crippen LogP contribution in [0.4, 0.5) is 28.8 Å². The van der Waals surface area contributed by atoms with Crippen LogP contribution >= 0.6 is 31.0 Å². The highest BCUT2D eigenvalue weighted by atomic mass is 35.5. The zero-order chi connectivity index (χ0) is 40.1. The predicted molar refractivity (Wildman–Crippen MR) is 221 cm³/mol. The van der Waals surface area contributed by atoms with Crippen LogP contribution in [0.3, 0.4) is 0 Å². The molecule has 4 aromatic rings. The van der Waals surface area contributed by atoms with Crippen molar-refractivity contribution < 1.29 is 32.7 Å². The van der Waals surface area contributed by atoms with Crippen molar-refractivity contribution in [3.8, 4) is 5.75 Å². The quantitative estimate of drug-likeness (QED) is 0.0486. The van der Waals surface area contributed by atoms with Crippen LogP contribution in [0.15, 0.2) is 71.8 Å². The zero-order valence-corrected chi connectivity index (χ0v) is 34.2. The van der Waals surface area contributed by atoms with Gasteiger partial charge in [-0.25, -0.2) is 4.98 Å². The van der Waals surface area contributed by atoms with E-state index in [4.69, 9.17) is 25.4 Å². The second-order valence-electron chi connectivity index (χ2n) is 13.7. The Labute approximate surface area is 340 Å². The van der Waals surface area contributed by atoms with Crippen molar-refractivity contribution in [1.82, 2.24) is 25.5 Å². The van der Waals surface area contributed by atoms with Gasteiger partial charge in [-0.1, -0.05) is 23.7 Å². The molecular formula is C39H44ClN8O7PS. The zero-order valence-electron chi connectivity index (χ0n) is 31.7. The van der Waals surface area contributed by atoms with E-state index in [1.807, 2.05) is 36.4 Å². The Hall–Kier alpha value is -4.70. The second kappa shape index (κ2) is 17.8. The number of nitrogens with zero attached hydrogens (tertiary/aromatic N) is 4. The minimum Gasteiger partial charge on any atom is -0.494 e. The Bertz CT molecular complexity index is 2200. The van der Waals surface area contributed by atoms with Crippen molar-refractivity contribution in [1.29, 1.82) is 0 Å². The molecule has 2 fully saturated rings. The molecule has 1 unspecified atom stereocenters. The Morgan fingerprint density at radius 1 is 0.965 bits per heavy atom. The number of piperidine rings is 2. The van der Waals surface area contributed by atoms with Gasteiger partial charge in [0.15, 0.2) is 5.82 Å². The van der Waals surface area contributed by atoms with Crippen LogP contribution in [0.1, 0.15) is 41.6 Å². The number of methoxy groups -OCH3 is 1. The van der Waals surface area contributed by atoms with Crippen LogP contribution in [0, 0.1) is 0 Å². The molecule has 0 aliphatic carbocycles. The summed E-state index contributed by atoms with van der Waals surface area (Å²) in [7, 11) is 0.713. The van der Waals surface area contributed by atoms with Gasteiger partial charge in [-0.2, -0.15) is 4.98 Å². The number of ether oxygens (including phenoxy) is 1. The fourth-order valence-corrected chi connectivity index (χ4v) is 9.47. The summed E-state index contributed by atoms with van der Waals surface area (Å²) in [5.74, 6) is 1.24. The first-order valence-corrected chi connectivity index (χ1v) is 21.4. The summed E-state index contributed by atoms with van der Waals surface area (Å²) in [6, 6.07) is 18.5. The van der Waals surface area contributed by atoms with Gasteiger partial charge in [-0.3, -0.25) is 24.3 Å². The number of carbonyl (C=O) groups is 3. The molecule has 15 nitrogen and oxygen atoms in total. The lowest BCUT2D eigenvalue weighted by Crippen LogP contribution is -2.52. The summed E-state index contributed by atoms with van der Waals surface area (Å²) < 4.78 is 29.3. The fourth-order valence-electron chi connectivity index (χ4n) is 7.25. The number of para-hydroxylation sites is 1. The largest absolute Gasteiger partial charge is 0.494 e. The molecule has 3 amide bonds. The van der Waals surface area contributed by atoms with Crippen molar-refractivity contribution >= 4 is 82.8 Å². The number of carbonyl (C=O) groups excluding carboxylic acids is 3. The molecule has 1 aromatic heterocycles. The lowest BCUT2D eigenvalue weighted by molar-refractivity contribution is -0.136. The highest BCUT2D eigenvalue weighted by Gasteiger charge is 2.39. The van der Waals surface area contributed by atoms with E-state index in [2.05, 4.69) is 36.1 Å². The van der Waals surface area contributed by atoms with Gasteiger partial charge in [-0.05, 0) is 67.3 Å². The Morgan fingerprint density at radius 2 is 1.75 bits per heavy atom. The van der Waals surface area contributed by atoms with Crippen molar-refractivity contribution in [2.24, 2.45) is 0 Å². The summed E-state index contributed by atoms with van der Waals surface area (Å²) in [4.78, 5) is 50.9. The molecule has 3 aliphatic rings. The third-order valence-electron chi connectivity index (χ3n) is 10.3. The third kappa shape index (κ3) is 9.06. The normalized spacial score (nSPS) is 17.4. The molecular weight excluding hydrogens is 791 g/mol. The van der Waals surface area contributed by atoms with Crippen molar-refractivity contribution in [2.45, 2.75) is 49.2 Å². The number of thioether (sulfide) groups is 1. The molecule has 7 rings (SSSR count). The number of nitrogens with one attached hydrogen (secondary N) is 4. The number of halogens is 1.